The van der Waals surface area contributed by atoms with Crippen molar-refractivity contribution in [2.45, 2.75) is 192 Å². The van der Waals surface area contributed by atoms with Crippen LogP contribution in [0.5, 0.6) is 0 Å². The third kappa shape index (κ3) is 23.6. The first-order chi connectivity index (χ1) is 23.3. The molecule has 1 saturated carbocycles. The van der Waals surface area contributed by atoms with Crippen LogP contribution in [0.15, 0.2) is 24.3 Å². The average Bonchev–Trinajstić information content (AvgIpc) is 3.34. The number of hydrogen-bond donors (Lipinski definition) is 4. The smallest absolute Gasteiger partial charge is 0.305 e. The van der Waals surface area contributed by atoms with E-state index in [1.807, 2.05) is 18.2 Å². The average molecular weight is 681 g/mol. The van der Waals surface area contributed by atoms with Gasteiger partial charge in [-0.1, -0.05) is 141 Å². The van der Waals surface area contributed by atoms with Gasteiger partial charge in [0.05, 0.1) is 18.3 Å². The Morgan fingerprint density at radius 2 is 1.17 bits per heavy atom. The quantitative estimate of drug-likeness (QED) is 0.0327. The topological polar surface area (TPSA) is 134 Å². The Hall–Kier alpha value is -1.74. The zero-order valence-corrected chi connectivity index (χ0v) is 30.6. The molecule has 1 rings (SSSR count). The Bertz CT molecular complexity index is 843. The van der Waals surface area contributed by atoms with Crippen LogP contribution in [0.4, 0.5) is 0 Å². The molecule has 0 aliphatic heterocycles. The van der Waals surface area contributed by atoms with Gasteiger partial charge in [-0.2, -0.15) is 0 Å². The Kier molecular flexibility index (Phi) is 27.8. The second kappa shape index (κ2) is 30.1. The van der Waals surface area contributed by atoms with E-state index in [0.29, 0.717) is 38.5 Å². The van der Waals surface area contributed by atoms with Crippen molar-refractivity contribution in [2.24, 2.45) is 11.8 Å². The van der Waals surface area contributed by atoms with E-state index in [0.717, 1.165) is 38.5 Å². The standard InChI is InChI=1S/C40H72O8/c1-3-5-7-8-9-10-11-12-13-14-15-16-17-22-26-39(45)47-31-34(42)32-48-40(46)27-23-19-18-21-25-35-36(38(44)30-37(35)43)29-28-33(41)24-20-6-4-2/h18,21,28-29,33-38,41-44H,3-17,19-20,22-27,30-32H2,1-2H3/b21-18+,29-28+/t33-,34+,35+,36+,37-,38+/m0/s1. The van der Waals surface area contributed by atoms with E-state index >= 15 is 0 Å². The Morgan fingerprint density at radius 3 is 1.73 bits per heavy atom. The van der Waals surface area contributed by atoms with Crippen LogP contribution in [0.2, 0.25) is 0 Å². The van der Waals surface area contributed by atoms with Crippen molar-refractivity contribution >= 4 is 11.9 Å². The molecule has 1 fully saturated rings. The van der Waals surface area contributed by atoms with Crippen LogP contribution < -0.4 is 0 Å². The molecule has 0 heterocycles. The molecule has 4 N–H and O–H groups in total. The molecule has 6 atom stereocenters. The van der Waals surface area contributed by atoms with Crippen molar-refractivity contribution in [3.8, 4) is 0 Å². The Balaban J connectivity index is 2.05. The lowest BCUT2D eigenvalue weighted by molar-refractivity contribution is -0.152. The van der Waals surface area contributed by atoms with Gasteiger partial charge in [0.25, 0.3) is 0 Å². The fourth-order valence-corrected chi connectivity index (χ4v) is 6.43. The lowest BCUT2D eigenvalue weighted by Crippen LogP contribution is -2.25. The molecular weight excluding hydrogens is 608 g/mol. The summed E-state index contributed by atoms with van der Waals surface area (Å²) in [6, 6.07) is 0. The molecule has 0 bridgehead atoms. The van der Waals surface area contributed by atoms with E-state index < -0.39 is 30.4 Å². The van der Waals surface area contributed by atoms with Crippen LogP contribution in [0, 0.1) is 11.8 Å². The SMILES string of the molecule is CCCCCCCCCCCCCCCCC(=O)OC[C@@H](O)COC(=O)CCC/C=C/C[C@@H]1[C@@H](/C=C/[C@@H](O)CCCCC)[C@H](O)C[C@@H]1O. The highest BCUT2D eigenvalue weighted by atomic mass is 16.6. The molecule has 0 aromatic carbocycles. The summed E-state index contributed by atoms with van der Waals surface area (Å²) in [5, 5.41) is 41.1. The molecule has 0 spiro atoms. The molecule has 48 heavy (non-hydrogen) atoms. The first-order valence-electron chi connectivity index (χ1n) is 19.6. The Morgan fingerprint density at radius 1 is 0.667 bits per heavy atom. The van der Waals surface area contributed by atoms with Crippen LogP contribution in [-0.2, 0) is 19.1 Å². The molecule has 1 aliphatic rings. The zero-order valence-electron chi connectivity index (χ0n) is 30.6. The minimum absolute atomic E-state index is 0.116. The number of esters is 2. The summed E-state index contributed by atoms with van der Waals surface area (Å²) < 4.78 is 10.3. The molecule has 280 valence electrons. The summed E-state index contributed by atoms with van der Waals surface area (Å²) in [5.41, 5.74) is 0. The van der Waals surface area contributed by atoms with Crippen molar-refractivity contribution in [3.05, 3.63) is 24.3 Å². The largest absolute Gasteiger partial charge is 0.463 e. The summed E-state index contributed by atoms with van der Waals surface area (Å²) in [4.78, 5) is 24.0. The molecule has 1 aliphatic carbocycles. The van der Waals surface area contributed by atoms with Gasteiger partial charge >= 0.3 is 11.9 Å². The first-order valence-corrected chi connectivity index (χ1v) is 19.6. The number of ether oxygens (including phenoxy) is 2. The van der Waals surface area contributed by atoms with Gasteiger partial charge in [0.2, 0.25) is 0 Å². The van der Waals surface area contributed by atoms with E-state index in [1.54, 1.807) is 6.08 Å². The van der Waals surface area contributed by atoms with Gasteiger partial charge in [-0.25, -0.2) is 0 Å². The Labute approximate surface area is 292 Å². The number of aliphatic hydroxyl groups excluding tert-OH is 4. The molecule has 0 aromatic rings. The maximum absolute atomic E-state index is 12.1. The second-order valence-electron chi connectivity index (χ2n) is 14.0. The van der Waals surface area contributed by atoms with E-state index in [-0.39, 0.29) is 37.4 Å². The molecule has 8 heteroatoms. The number of allylic oxidation sites excluding steroid dienone is 2. The number of carbonyl (C=O) groups excluding carboxylic acids is 2. The predicted octanol–water partition coefficient (Wildman–Crippen LogP) is 8.28. The maximum Gasteiger partial charge on any atom is 0.305 e. The first kappa shape index (κ1) is 44.3. The molecule has 0 saturated heterocycles. The van der Waals surface area contributed by atoms with Crippen molar-refractivity contribution in [3.63, 3.8) is 0 Å². The van der Waals surface area contributed by atoms with Crippen LogP contribution in [-0.4, -0.2) is 70.0 Å². The van der Waals surface area contributed by atoms with Gasteiger partial charge in [0.15, 0.2) is 0 Å². The minimum atomic E-state index is -1.04. The van der Waals surface area contributed by atoms with E-state index in [2.05, 4.69) is 13.8 Å². The number of aliphatic hydroxyl groups is 4. The second-order valence-corrected chi connectivity index (χ2v) is 14.0. The minimum Gasteiger partial charge on any atom is -0.463 e. The van der Waals surface area contributed by atoms with Crippen molar-refractivity contribution in [1.82, 2.24) is 0 Å². The van der Waals surface area contributed by atoms with Crippen molar-refractivity contribution < 1.29 is 39.5 Å². The van der Waals surface area contributed by atoms with Gasteiger partial charge < -0.3 is 29.9 Å². The number of carbonyl (C=O) groups is 2. The third-order valence-corrected chi connectivity index (χ3v) is 9.51. The summed E-state index contributed by atoms with van der Waals surface area (Å²) in [7, 11) is 0. The van der Waals surface area contributed by atoms with Crippen LogP contribution in [0.25, 0.3) is 0 Å². The fraction of sp³-hybridized carbons (Fsp3) is 0.850. The number of rotatable bonds is 31. The number of unbranched alkanes of at least 4 members (excludes halogenated alkanes) is 16. The van der Waals surface area contributed by atoms with E-state index in [1.165, 1.54) is 70.6 Å². The molecule has 0 aromatic heterocycles. The van der Waals surface area contributed by atoms with Crippen LogP contribution in [0.3, 0.4) is 0 Å². The molecule has 8 nitrogen and oxygen atoms in total. The molecule has 0 amide bonds. The lowest BCUT2D eigenvalue weighted by atomic mass is 9.89. The van der Waals surface area contributed by atoms with Crippen molar-refractivity contribution in [1.29, 1.82) is 0 Å². The maximum atomic E-state index is 12.1. The molecule has 0 unspecified atom stereocenters. The van der Waals surface area contributed by atoms with Gasteiger partial charge in [-0.15, -0.1) is 0 Å². The monoisotopic (exact) mass is 681 g/mol. The molecule has 0 radical (unpaired) electrons. The highest BCUT2D eigenvalue weighted by Gasteiger charge is 2.39. The van der Waals surface area contributed by atoms with E-state index in [9.17, 15) is 30.0 Å². The zero-order chi connectivity index (χ0) is 35.2. The van der Waals surface area contributed by atoms with Crippen LogP contribution in [0.1, 0.15) is 168 Å². The van der Waals surface area contributed by atoms with Gasteiger partial charge in [-0.3, -0.25) is 9.59 Å². The predicted molar refractivity (Wildman–Crippen MR) is 193 cm³/mol. The van der Waals surface area contributed by atoms with Crippen molar-refractivity contribution in [2.75, 3.05) is 13.2 Å². The summed E-state index contributed by atoms with van der Waals surface area (Å²) in [5.74, 6) is -1.05. The van der Waals surface area contributed by atoms with Gasteiger partial charge in [0.1, 0.15) is 19.3 Å². The van der Waals surface area contributed by atoms with E-state index in [4.69, 9.17) is 9.47 Å². The number of hydrogen-bond acceptors (Lipinski definition) is 8. The summed E-state index contributed by atoms with van der Waals surface area (Å²) in [6.45, 7) is 4.00. The van der Waals surface area contributed by atoms with Crippen LogP contribution >= 0.6 is 0 Å². The normalized spacial score (nSPS) is 20.9. The fourth-order valence-electron chi connectivity index (χ4n) is 6.43. The van der Waals surface area contributed by atoms with Gasteiger partial charge in [0, 0.05) is 25.2 Å². The summed E-state index contributed by atoms with van der Waals surface area (Å²) in [6.07, 6.45) is 29.0. The lowest BCUT2D eigenvalue weighted by Gasteiger charge is -2.19. The highest BCUT2D eigenvalue weighted by Crippen LogP contribution is 2.36. The third-order valence-electron chi connectivity index (χ3n) is 9.51. The van der Waals surface area contributed by atoms with Gasteiger partial charge in [-0.05, 0) is 38.0 Å². The molecular formula is C40H72O8. The highest BCUT2D eigenvalue weighted by molar-refractivity contribution is 5.69. The summed E-state index contributed by atoms with van der Waals surface area (Å²) >= 11 is 0.